The summed E-state index contributed by atoms with van der Waals surface area (Å²) in [7, 11) is 0. The molecule has 13 heavy (non-hydrogen) atoms. The highest BCUT2D eigenvalue weighted by Gasteiger charge is 2.20. The predicted octanol–water partition coefficient (Wildman–Crippen LogP) is 3.04. The van der Waals surface area contributed by atoms with Crippen LogP contribution in [0.5, 0.6) is 0 Å². The summed E-state index contributed by atoms with van der Waals surface area (Å²) < 4.78 is 36.4. The van der Waals surface area contributed by atoms with Crippen LogP contribution in [0.15, 0.2) is 22.7 Å². The van der Waals surface area contributed by atoms with Crippen molar-refractivity contribution in [2.24, 2.45) is 0 Å². The van der Waals surface area contributed by atoms with E-state index in [1.165, 1.54) is 0 Å². The lowest BCUT2D eigenvalue weighted by Crippen LogP contribution is -2.10. The first-order valence-corrected chi connectivity index (χ1v) is 4.09. The highest BCUT2D eigenvalue weighted by molar-refractivity contribution is 9.10. The number of ketones is 1. The van der Waals surface area contributed by atoms with Crippen LogP contribution in [-0.2, 0) is 0 Å². The zero-order valence-corrected chi connectivity index (χ0v) is 7.82. The second kappa shape index (κ2) is 3.91. The largest absolute Gasteiger partial charge is 0.300 e. The van der Waals surface area contributed by atoms with Crippen molar-refractivity contribution in [2.45, 2.75) is 6.43 Å². The van der Waals surface area contributed by atoms with Crippen LogP contribution in [0.2, 0.25) is 0 Å². The van der Waals surface area contributed by atoms with Crippen molar-refractivity contribution in [2.75, 3.05) is 0 Å². The van der Waals surface area contributed by atoms with E-state index in [2.05, 4.69) is 15.9 Å². The van der Waals surface area contributed by atoms with E-state index in [0.29, 0.717) is 0 Å². The van der Waals surface area contributed by atoms with E-state index in [0.717, 1.165) is 18.2 Å². The van der Waals surface area contributed by atoms with Gasteiger partial charge in [0.15, 0.2) is 0 Å². The molecule has 1 aromatic rings. The Kier molecular flexibility index (Phi) is 3.08. The average molecular weight is 253 g/mol. The van der Waals surface area contributed by atoms with Gasteiger partial charge in [-0.1, -0.05) is 0 Å². The third kappa shape index (κ3) is 2.30. The van der Waals surface area contributed by atoms with Gasteiger partial charge in [0.2, 0.25) is 5.78 Å². The summed E-state index contributed by atoms with van der Waals surface area (Å²) in [6, 6.07) is 2.95. The first-order valence-electron chi connectivity index (χ1n) is 3.30. The lowest BCUT2D eigenvalue weighted by Gasteiger charge is -2.01. The summed E-state index contributed by atoms with van der Waals surface area (Å²) in [4.78, 5) is 10.8. The van der Waals surface area contributed by atoms with Gasteiger partial charge in [-0.2, -0.15) is 0 Å². The summed E-state index contributed by atoms with van der Waals surface area (Å²) >= 11 is 2.82. The SMILES string of the molecule is O=C(c1ccc(F)cc1Br)C(F)F. The van der Waals surface area contributed by atoms with E-state index >= 15 is 0 Å². The molecule has 5 heteroatoms. The van der Waals surface area contributed by atoms with Gasteiger partial charge >= 0.3 is 6.43 Å². The van der Waals surface area contributed by atoms with Gasteiger partial charge in [0.25, 0.3) is 0 Å². The second-order valence-corrected chi connectivity index (χ2v) is 3.14. The van der Waals surface area contributed by atoms with E-state index in [4.69, 9.17) is 0 Å². The van der Waals surface area contributed by atoms with Gasteiger partial charge in [0, 0.05) is 10.0 Å². The fourth-order valence-electron chi connectivity index (χ4n) is 0.807. The molecule has 0 unspecified atom stereocenters. The van der Waals surface area contributed by atoms with E-state index in [1.807, 2.05) is 0 Å². The van der Waals surface area contributed by atoms with Crippen LogP contribution in [0.25, 0.3) is 0 Å². The molecule has 0 aliphatic rings. The standard InChI is InChI=1S/C8H4BrF3O/c9-6-3-4(10)1-2-5(6)7(13)8(11)12/h1-3,8H. The fraction of sp³-hybridized carbons (Fsp3) is 0.125. The molecule has 0 atom stereocenters. The molecule has 0 aromatic heterocycles. The zero-order valence-electron chi connectivity index (χ0n) is 6.23. The molecule has 0 radical (unpaired) electrons. The van der Waals surface area contributed by atoms with Gasteiger partial charge < -0.3 is 0 Å². The number of alkyl halides is 2. The van der Waals surface area contributed by atoms with Crippen LogP contribution in [0.3, 0.4) is 0 Å². The van der Waals surface area contributed by atoms with Gasteiger partial charge in [-0.15, -0.1) is 0 Å². The van der Waals surface area contributed by atoms with Crippen LogP contribution < -0.4 is 0 Å². The number of carbonyl (C=O) groups excluding carboxylic acids is 1. The van der Waals surface area contributed by atoms with Crippen molar-refractivity contribution in [3.8, 4) is 0 Å². The van der Waals surface area contributed by atoms with E-state index in [-0.39, 0.29) is 10.0 Å². The number of halogens is 4. The van der Waals surface area contributed by atoms with Crippen LogP contribution in [0.1, 0.15) is 10.4 Å². The Labute approximate surface area is 80.7 Å². The van der Waals surface area contributed by atoms with Crippen molar-refractivity contribution in [3.05, 3.63) is 34.1 Å². The van der Waals surface area contributed by atoms with Gasteiger partial charge in [-0.25, -0.2) is 13.2 Å². The molecule has 0 N–H and O–H groups in total. The molecule has 1 rings (SSSR count). The normalized spacial score (nSPS) is 10.5. The van der Waals surface area contributed by atoms with E-state index in [1.54, 1.807) is 0 Å². The maximum absolute atomic E-state index is 12.5. The minimum absolute atomic E-state index is 0.0396. The highest BCUT2D eigenvalue weighted by Crippen LogP contribution is 2.20. The Bertz CT molecular complexity index is 338. The summed E-state index contributed by atoms with van der Waals surface area (Å²) in [6.45, 7) is 0. The number of Topliss-reactive ketones (excluding diaryl/α,β-unsaturated/α-hetero) is 1. The first kappa shape index (κ1) is 10.2. The Morgan fingerprint density at radius 1 is 1.38 bits per heavy atom. The summed E-state index contributed by atoms with van der Waals surface area (Å²) in [5.74, 6) is -1.90. The minimum atomic E-state index is -3.07. The predicted molar refractivity (Wildman–Crippen MR) is 44.4 cm³/mol. The van der Waals surface area contributed by atoms with E-state index < -0.39 is 18.0 Å². The monoisotopic (exact) mass is 252 g/mol. The molecule has 0 heterocycles. The number of benzene rings is 1. The molecule has 0 aliphatic carbocycles. The first-order chi connectivity index (χ1) is 6.02. The van der Waals surface area contributed by atoms with Crippen molar-refractivity contribution < 1.29 is 18.0 Å². The topological polar surface area (TPSA) is 17.1 Å². The summed E-state index contributed by atoms with van der Waals surface area (Å²) in [5, 5.41) is 0. The van der Waals surface area contributed by atoms with Crippen LogP contribution >= 0.6 is 15.9 Å². The lowest BCUT2D eigenvalue weighted by molar-refractivity contribution is 0.0678. The zero-order chi connectivity index (χ0) is 10.0. The molecule has 0 saturated heterocycles. The molecule has 1 nitrogen and oxygen atoms in total. The van der Waals surface area contributed by atoms with Crippen LogP contribution in [-0.4, -0.2) is 12.2 Å². The Morgan fingerprint density at radius 2 is 2.00 bits per heavy atom. The van der Waals surface area contributed by atoms with Gasteiger partial charge in [0.05, 0.1) is 0 Å². The Morgan fingerprint density at radius 3 is 2.46 bits per heavy atom. The second-order valence-electron chi connectivity index (χ2n) is 2.29. The van der Waals surface area contributed by atoms with Crippen LogP contribution in [0.4, 0.5) is 13.2 Å². The fourth-order valence-corrected chi connectivity index (χ4v) is 1.35. The number of hydrogen-bond acceptors (Lipinski definition) is 1. The molecular weight excluding hydrogens is 249 g/mol. The molecular formula is C8H4BrF3O. The third-order valence-corrected chi connectivity index (χ3v) is 2.05. The van der Waals surface area contributed by atoms with Crippen molar-refractivity contribution in [1.29, 1.82) is 0 Å². The van der Waals surface area contributed by atoms with Crippen molar-refractivity contribution in [3.63, 3.8) is 0 Å². The number of rotatable bonds is 2. The number of hydrogen-bond donors (Lipinski definition) is 0. The van der Waals surface area contributed by atoms with Gasteiger partial charge in [-0.05, 0) is 34.1 Å². The highest BCUT2D eigenvalue weighted by atomic mass is 79.9. The molecule has 0 bridgehead atoms. The molecule has 0 aliphatic heterocycles. The summed E-state index contributed by atoms with van der Waals surface area (Å²) in [5.41, 5.74) is -0.212. The maximum Gasteiger partial charge on any atom is 0.300 e. The van der Waals surface area contributed by atoms with Gasteiger partial charge in [-0.3, -0.25) is 4.79 Å². The molecule has 70 valence electrons. The Hall–Kier alpha value is -0.840. The lowest BCUT2D eigenvalue weighted by atomic mass is 10.1. The summed E-state index contributed by atoms with van der Waals surface area (Å²) in [6.07, 6.45) is -3.07. The average Bonchev–Trinajstić information content (AvgIpc) is 2.03. The van der Waals surface area contributed by atoms with Crippen LogP contribution in [0, 0.1) is 5.82 Å². The third-order valence-electron chi connectivity index (χ3n) is 1.39. The minimum Gasteiger partial charge on any atom is -0.288 e. The quantitative estimate of drug-likeness (QED) is 0.740. The van der Waals surface area contributed by atoms with Gasteiger partial charge in [0.1, 0.15) is 5.82 Å². The van der Waals surface area contributed by atoms with Crippen molar-refractivity contribution >= 4 is 21.7 Å². The molecule has 1 aromatic carbocycles. The van der Waals surface area contributed by atoms with E-state index in [9.17, 15) is 18.0 Å². The number of carbonyl (C=O) groups is 1. The molecule has 0 amide bonds. The molecule has 0 fully saturated rings. The van der Waals surface area contributed by atoms with Crippen molar-refractivity contribution in [1.82, 2.24) is 0 Å². The molecule has 0 saturated carbocycles. The smallest absolute Gasteiger partial charge is 0.288 e. The molecule has 0 spiro atoms. The maximum atomic E-state index is 12.5. The Balaban J connectivity index is 3.09.